The normalized spacial score (nSPS) is 10.7. The second-order valence-electron chi connectivity index (χ2n) is 4.21. The molecule has 132 valence electrons. The van der Waals surface area contributed by atoms with E-state index in [0.717, 1.165) is 0 Å². The first-order valence-corrected chi connectivity index (χ1v) is 6.45. The average molecular weight is 334 g/mol. The van der Waals surface area contributed by atoms with Gasteiger partial charge in [0.05, 0.1) is 37.1 Å². The van der Waals surface area contributed by atoms with Gasteiger partial charge >= 0.3 is 11.9 Å². The second kappa shape index (κ2) is 13.6. The van der Waals surface area contributed by atoms with E-state index in [9.17, 15) is 9.59 Å². The number of hydrogen-bond acceptors (Lipinski definition) is 7. The van der Waals surface area contributed by atoms with Gasteiger partial charge in [-0.2, -0.15) is 0 Å². The molecule has 0 saturated heterocycles. The van der Waals surface area contributed by atoms with Gasteiger partial charge in [0.1, 0.15) is 6.10 Å². The molecule has 1 atom stereocenters. The number of rotatable bonds is 5. The SMILES string of the molecule is CC(O)CO.O=C(O)c1ccccc1C(=O)O.OCC(O)CO. The highest BCUT2D eigenvalue weighted by Gasteiger charge is 2.13. The molecule has 0 fully saturated rings. The van der Waals surface area contributed by atoms with Crippen LogP contribution in [0, 0.1) is 0 Å². The van der Waals surface area contributed by atoms with Crippen molar-refractivity contribution in [3.63, 3.8) is 0 Å². The molecule has 1 unspecified atom stereocenters. The molecule has 0 radical (unpaired) electrons. The number of hydrogen-bond donors (Lipinski definition) is 7. The molecule has 0 aliphatic heterocycles. The van der Waals surface area contributed by atoms with Gasteiger partial charge in [-0.3, -0.25) is 0 Å². The first-order chi connectivity index (χ1) is 10.7. The van der Waals surface area contributed by atoms with E-state index in [2.05, 4.69) is 0 Å². The molecule has 0 saturated carbocycles. The van der Waals surface area contributed by atoms with E-state index < -0.39 is 24.1 Å². The van der Waals surface area contributed by atoms with E-state index in [4.69, 9.17) is 35.7 Å². The smallest absolute Gasteiger partial charge is 0.336 e. The number of aliphatic hydroxyl groups is 5. The van der Waals surface area contributed by atoms with Crippen LogP contribution in [0.5, 0.6) is 0 Å². The van der Waals surface area contributed by atoms with Crippen molar-refractivity contribution in [1.29, 1.82) is 0 Å². The number of carbonyl (C=O) groups is 2. The van der Waals surface area contributed by atoms with Crippen LogP contribution in [0.25, 0.3) is 0 Å². The molecule has 0 bridgehead atoms. The summed E-state index contributed by atoms with van der Waals surface area (Å²) in [4.78, 5) is 20.9. The molecule has 0 aliphatic rings. The van der Waals surface area contributed by atoms with Gasteiger partial charge in [-0.1, -0.05) is 12.1 Å². The molecule has 9 heteroatoms. The Labute approximate surface area is 132 Å². The van der Waals surface area contributed by atoms with Crippen molar-refractivity contribution < 1.29 is 45.3 Å². The molecule has 0 heterocycles. The molecule has 1 aromatic carbocycles. The van der Waals surface area contributed by atoms with Crippen LogP contribution in [0.15, 0.2) is 24.3 Å². The minimum atomic E-state index is -1.23. The predicted octanol–water partition coefficient (Wildman–Crippen LogP) is -1.23. The zero-order valence-corrected chi connectivity index (χ0v) is 12.5. The molecule has 1 rings (SSSR count). The summed E-state index contributed by atoms with van der Waals surface area (Å²) in [6.07, 6.45) is -1.51. The van der Waals surface area contributed by atoms with Gasteiger partial charge in [0.2, 0.25) is 0 Å². The van der Waals surface area contributed by atoms with Crippen LogP contribution >= 0.6 is 0 Å². The van der Waals surface area contributed by atoms with Gasteiger partial charge in [-0.05, 0) is 19.1 Å². The first-order valence-electron chi connectivity index (χ1n) is 6.45. The van der Waals surface area contributed by atoms with Crippen LogP contribution < -0.4 is 0 Å². The van der Waals surface area contributed by atoms with E-state index in [-0.39, 0.29) is 30.9 Å². The zero-order valence-electron chi connectivity index (χ0n) is 12.5. The van der Waals surface area contributed by atoms with Crippen molar-refractivity contribution in [2.45, 2.75) is 19.1 Å². The van der Waals surface area contributed by atoms with Crippen LogP contribution in [0.1, 0.15) is 27.6 Å². The fraction of sp³-hybridized carbons (Fsp3) is 0.429. The monoisotopic (exact) mass is 334 g/mol. The third-order valence-corrected chi connectivity index (χ3v) is 2.07. The number of carboxylic acid groups (broad SMARTS) is 2. The first kappa shape index (κ1) is 23.2. The summed E-state index contributed by atoms with van der Waals surface area (Å²) < 4.78 is 0. The summed E-state index contributed by atoms with van der Waals surface area (Å²) in [5.74, 6) is -2.46. The topological polar surface area (TPSA) is 176 Å². The Morgan fingerprint density at radius 2 is 1.17 bits per heavy atom. The summed E-state index contributed by atoms with van der Waals surface area (Å²) in [5, 5.41) is 57.1. The Morgan fingerprint density at radius 1 is 0.870 bits per heavy atom. The highest BCUT2D eigenvalue weighted by atomic mass is 16.4. The lowest BCUT2D eigenvalue weighted by Crippen LogP contribution is -2.15. The maximum Gasteiger partial charge on any atom is 0.336 e. The maximum atomic E-state index is 10.5. The van der Waals surface area contributed by atoms with Crippen LogP contribution in [-0.2, 0) is 0 Å². The summed E-state index contributed by atoms with van der Waals surface area (Å²) in [6.45, 7) is 0.660. The largest absolute Gasteiger partial charge is 0.478 e. The Hall–Kier alpha value is -2.04. The lowest BCUT2D eigenvalue weighted by atomic mass is 10.1. The van der Waals surface area contributed by atoms with E-state index in [1.54, 1.807) is 0 Å². The van der Waals surface area contributed by atoms with Gasteiger partial charge in [0, 0.05) is 0 Å². The van der Waals surface area contributed by atoms with Crippen LogP contribution in [0.3, 0.4) is 0 Å². The highest BCUT2D eigenvalue weighted by molar-refractivity contribution is 6.01. The van der Waals surface area contributed by atoms with Gasteiger partial charge in [0.25, 0.3) is 0 Å². The van der Waals surface area contributed by atoms with E-state index in [1.165, 1.54) is 31.2 Å². The quantitative estimate of drug-likeness (QED) is 0.347. The van der Waals surface area contributed by atoms with Crippen molar-refractivity contribution in [2.75, 3.05) is 19.8 Å². The minimum absolute atomic E-state index is 0.139. The molecule has 9 nitrogen and oxygen atoms in total. The summed E-state index contributed by atoms with van der Waals surface area (Å²) in [6, 6.07) is 5.48. The summed E-state index contributed by atoms with van der Waals surface area (Å²) in [5.41, 5.74) is -0.380. The van der Waals surface area contributed by atoms with Crippen LogP contribution in [0.2, 0.25) is 0 Å². The molecular weight excluding hydrogens is 312 g/mol. The molecule has 23 heavy (non-hydrogen) atoms. The predicted molar refractivity (Wildman–Crippen MR) is 79.3 cm³/mol. The Morgan fingerprint density at radius 3 is 1.30 bits per heavy atom. The maximum absolute atomic E-state index is 10.5. The van der Waals surface area contributed by atoms with Gasteiger partial charge in [0.15, 0.2) is 0 Å². The van der Waals surface area contributed by atoms with E-state index in [1.807, 2.05) is 0 Å². The Balaban J connectivity index is 0. The number of aromatic carboxylic acids is 2. The highest BCUT2D eigenvalue weighted by Crippen LogP contribution is 2.07. The fourth-order valence-electron chi connectivity index (χ4n) is 0.914. The molecular formula is C14H22O9. The lowest BCUT2D eigenvalue weighted by molar-refractivity contribution is 0.0450. The number of carboxylic acids is 2. The molecule has 0 aromatic heterocycles. The van der Waals surface area contributed by atoms with Crippen LogP contribution in [0.4, 0.5) is 0 Å². The molecule has 0 aliphatic carbocycles. The fourth-order valence-corrected chi connectivity index (χ4v) is 0.914. The standard InChI is InChI=1S/C8H6O4.C3H8O3.C3H8O2/c9-7(10)5-3-1-2-4-6(5)8(11)12;4-1-3(6)2-5;1-3(5)2-4/h1-4H,(H,9,10)(H,11,12);3-6H,1-2H2;3-5H,2H2,1H3. The van der Waals surface area contributed by atoms with Crippen molar-refractivity contribution in [3.05, 3.63) is 35.4 Å². The van der Waals surface area contributed by atoms with Crippen molar-refractivity contribution in [1.82, 2.24) is 0 Å². The summed E-state index contributed by atoms with van der Waals surface area (Å²) >= 11 is 0. The zero-order chi connectivity index (χ0) is 18.4. The van der Waals surface area contributed by atoms with Gasteiger partial charge < -0.3 is 35.7 Å². The minimum Gasteiger partial charge on any atom is -0.478 e. The number of aliphatic hydroxyl groups excluding tert-OH is 5. The molecule has 1 aromatic rings. The van der Waals surface area contributed by atoms with Gasteiger partial charge in [-0.15, -0.1) is 0 Å². The van der Waals surface area contributed by atoms with E-state index >= 15 is 0 Å². The molecule has 0 amide bonds. The lowest BCUT2D eigenvalue weighted by Gasteiger charge is -1.98. The summed E-state index contributed by atoms with van der Waals surface area (Å²) in [7, 11) is 0. The third-order valence-electron chi connectivity index (χ3n) is 2.07. The van der Waals surface area contributed by atoms with E-state index in [0.29, 0.717) is 0 Å². The number of benzene rings is 1. The van der Waals surface area contributed by atoms with Crippen molar-refractivity contribution in [3.8, 4) is 0 Å². The Bertz CT molecular complexity index is 422. The third kappa shape index (κ3) is 12.2. The van der Waals surface area contributed by atoms with Crippen molar-refractivity contribution in [2.24, 2.45) is 0 Å². The second-order valence-corrected chi connectivity index (χ2v) is 4.21. The average Bonchev–Trinajstić information content (AvgIpc) is 2.54. The Kier molecular flexibility index (Phi) is 13.7. The molecule has 0 spiro atoms. The van der Waals surface area contributed by atoms with Crippen LogP contribution in [-0.4, -0.2) is 79.7 Å². The molecule has 7 N–H and O–H groups in total. The van der Waals surface area contributed by atoms with Crippen molar-refractivity contribution >= 4 is 11.9 Å². The van der Waals surface area contributed by atoms with Gasteiger partial charge in [-0.25, -0.2) is 9.59 Å².